The number of allylic oxidation sites excluding steroid dienone is 8. The van der Waals surface area contributed by atoms with Gasteiger partial charge in [0, 0.05) is 38.0 Å². The van der Waals surface area contributed by atoms with Crippen LogP contribution in [0.3, 0.4) is 0 Å². The van der Waals surface area contributed by atoms with Gasteiger partial charge in [0.15, 0.2) is 0 Å². The molecule has 1 aromatic carbocycles. The van der Waals surface area contributed by atoms with Crippen LogP contribution in [0, 0.1) is 38.5 Å². The number of unbranched alkanes of at least 4 members (excludes halogenated alkanes) is 7. The lowest BCUT2D eigenvalue weighted by Crippen LogP contribution is -2.47. The Balaban J connectivity index is 1.49. The van der Waals surface area contributed by atoms with E-state index in [1.54, 1.807) is 0 Å². The van der Waals surface area contributed by atoms with Crippen molar-refractivity contribution < 1.29 is 48.0 Å². The van der Waals surface area contributed by atoms with Gasteiger partial charge in [0.2, 0.25) is 17.7 Å². The maximum atomic E-state index is 12.9. The van der Waals surface area contributed by atoms with E-state index in [0.29, 0.717) is 59.2 Å². The molecule has 1 aliphatic rings. The second-order valence-electron chi connectivity index (χ2n) is 24.0. The van der Waals surface area contributed by atoms with Crippen LogP contribution in [0.1, 0.15) is 231 Å². The fraction of sp³-hybridized carbons (Fsp3) is 0.739. The molecule has 4 amide bonds. The van der Waals surface area contributed by atoms with Crippen LogP contribution in [-0.4, -0.2) is 106 Å². The molecule has 474 valence electrons. The first-order valence-electron chi connectivity index (χ1n) is 32.6. The van der Waals surface area contributed by atoms with Gasteiger partial charge < -0.3 is 50.1 Å². The van der Waals surface area contributed by atoms with Gasteiger partial charge in [-0.2, -0.15) is 0 Å². The minimum absolute atomic E-state index is 0.0227. The summed E-state index contributed by atoms with van der Waals surface area (Å²) in [5.41, 5.74) is 4.64. The third-order valence-corrected chi connectivity index (χ3v) is 15.8. The van der Waals surface area contributed by atoms with Crippen LogP contribution in [0.4, 0.5) is 4.79 Å². The Labute approximate surface area is 504 Å². The summed E-state index contributed by atoms with van der Waals surface area (Å²) in [5, 5.41) is 20.1. The molecule has 2 rings (SSSR count). The lowest BCUT2D eigenvalue weighted by molar-refractivity contribution is -0.124. The van der Waals surface area contributed by atoms with Gasteiger partial charge in [0.1, 0.15) is 23.1 Å². The van der Waals surface area contributed by atoms with Crippen molar-refractivity contribution >= 4 is 23.8 Å². The van der Waals surface area contributed by atoms with Gasteiger partial charge in [-0.25, -0.2) is 4.79 Å². The molecule has 0 spiro atoms. The van der Waals surface area contributed by atoms with Crippen LogP contribution >= 0.6 is 0 Å². The predicted octanol–water partition coefficient (Wildman–Crippen LogP) is 15.0. The molecule has 0 aromatic heterocycles. The number of carboxylic acid groups (broad SMARTS) is 1. The zero-order valence-electron chi connectivity index (χ0n) is 53.7. The molecule has 0 saturated carbocycles. The fourth-order valence-corrected chi connectivity index (χ4v) is 10.4. The number of hydrogen-bond acceptors (Lipinski definition) is 9. The molecule has 0 saturated heterocycles. The van der Waals surface area contributed by atoms with E-state index in [1.165, 1.54) is 93.7 Å². The molecule has 0 unspecified atom stereocenters. The quantitative estimate of drug-likeness (QED) is 0.0311. The van der Waals surface area contributed by atoms with Crippen molar-refractivity contribution in [3.63, 3.8) is 0 Å². The van der Waals surface area contributed by atoms with E-state index in [-0.39, 0.29) is 43.4 Å². The number of ether oxygens (including phenoxy) is 5. The van der Waals surface area contributed by atoms with Gasteiger partial charge >= 0.3 is 6.09 Å². The van der Waals surface area contributed by atoms with Crippen molar-refractivity contribution in [2.75, 3.05) is 65.9 Å². The highest BCUT2D eigenvalue weighted by molar-refractivity contribution is 5.86. The van der Waals surface area contributed by atoms with E-state index < -0.39 is 18.0 Å². The SMILES string of the molecule is CCCCC/C=C\C/C=C\C/C=C\C/C=C\CCCC(=O)NCCOCCOCCOCCNC(=O)CC[C@H](NC(=O)O)C(=O)NCCCCCCOc1c(C)c(C)c2c(c1C)CC[C@@](C)(CCC[C@H](C)CCC[C@H](C)CCCC(C)C)O2. The molecule has 0 bridgehead atoms. The lowest BCUT2D eigenvalue weighted by atomic mass is 9.83. The smallest absolute Gasteiger partial charge is 0.405 e. The predicted molar refractivity (Wildman–Crippen MR) is 341 cm³/mol. The zero-order chi connectivity index (χ0) is 60.8. The van der Waals surface area contributed by atoms with Crippen LogP contribution in [0.15, 0.2) is 48.6 Å². The van der Waals surface area contributed by atoms with E-state index in [4.69, 9.17) is 23.7 Å². The summed E-state index contributed by atoms with van der Waals surface area (Å²) >= 11 is 0. The van der Waals surface area contributed by atoms with Crippen molar-refractivity contribution in [2.45, 2.75) is 247 Å². The summed E-state index contributed by atoms with van der Waals surface area (Å²) in [4.78, 5) is 49.0. The van der Waals surface area contributed by atoms with Crippen LogP contribution in [0.25, 0.3) is 0 Å². The minimum Gasteiger partial charge on any atom is -0.493 e. The molecule has 0 radical (unpaired) electrons. The number of fused-ring (bicyclic) bond motifs is 1. The summed E-state index contributed by atoms with van der Waals surface area (Å²) in [7, 11) is 0. The van der Waals surface area contributed by atoms with E-state index in [2.05, 4.69) is 132 Å². The van der Waals surface area contributed by atoms with Crippen LogP contribution in [-0.2, 0) is 35.0 Å². The van der Waals surface area contributed by atoms with Crippen molar-refractivity contribution in [3.05, 3.63) is 70.9 Å². The second-order valence-corrected chi connectivity index (χ2v) is 24.0. The van der Waals surface area contributed by atoms with Gasteiger partial charge in [-0.3, -0.25) is 14.4 Å². The monoisotopic (exact) mass is 1160 g/mol. The first-order chi connectivity index (χ1) is 40.1. The van der Waals surface area contributed by atoms with Crippen molar-refractivity contribution in [2.24, 2.45) is 17.8 Å². The molecule has 14 nitrogen and oxygen atoms in total. The Morgan fingerprint density at radius 2 is 1.11 bits per heavy atom. The van der Waals surface area contributed by atoms with Gasteiger partial charge in [-0.1, -0.05) is 154 Å². The Bertz CT molecular complexity index is 2040. The number of carbonyl (C=O) groups is 4. The maximum Gasteiger partial charge on any atom is 0.405 e. The van der Waals surface area contributed by atoms with E-state index in [1.807, 2.05) is 0 Å². The second kappa shape index (κ2) is 47.6. The topological polar surface area (TPSA) is 183 Å². The molecule has 5 N–H and O–H groups in total. The highest BCUT2D eigenvalue weighted by Gasteiger charge is 2.34. The van der Waals surface area contributed by atoms with E-state index in [9.17, 15) is 24.3 Å². The van der Waals surface area contributed by atoms with Gasteiger partial charge in [0.05, 0.1) is 46.2 Å². The maximum absolute atomic E-state index is 12.9. The number of amides is 4. The van der Waals surface area contributed by atoms with Crippen molar-refractivity contribution in [1.29, 1.82) is 0 Å². The first kappa shape index (κ1) is 74.4. The summed E-state index contributed by atoms with van der Waals surface area (Å²) in [6.45, 7) is 24.4. The molecular formula is C69H118N4O10. The summed E-state index contributed by atoms with van der Waals surface area (Å²) < 4.78 is 29.9. The highest BCUT2D eigenvalue weighted by atomic mass is 16.5. The van der Waals surface area contributed by atoms with E-state index >= 15 is 0 Å². The Hall–Kier alpha value is -4.66. The molecule has 0 fully saturated rings. The molecule has 1 aromatic rings. The molecular weight excluding hydrogens is 1040 g/mol. The standard InChI is InChI=1S/C69H118N4O10/c1-10-11-12-13-14-15-16-17-18-19-20-21-22-23-24-25-28-39-63(74)70-46-49-79-51-53-81-54-52-80-50-47-71-64(75)41-40-62(73-68(77)78)67(76)72-45-29-26-27-30-48-82-65-58(6)59(7)66-61(60(65)8)42-44-69(9,83-66)43-33-38-57(5)37-32-36-56(4)35-31-34-55(2)3/h14-15,17-18,20-21,23-24,55-57,62,73H,10-13,16,19,22,25-54H2,1-9H3,(H,70,74)(H,71,75)(H,72,76)(H,77,78)/b15-14-,18-17-,21-20-,24-23-/t56-,57-,62+,69-/m1/s1. The highest BCUT2D eigenvalue weighted by Crippen LogP contribution is 2.45. The minimum atomic E-state index is -1.32. The number of rotatable bonds is 51. The Morgan fingerprint density at radius 1 is 0.566 bits per heavy atom. The average Bonchev–Trinajstić information content (AvgIpc) is 2.33. The van der Waals surface area contributed by atoms with Gasteiger partial charge in [-0.15, -0.1) is 0 Å². The number of benzene rings is 1. The summed E-state index contributed by atoms with van der Waals surface area (Å²) in [6.07, 6.45) is 43.4. The van der Waals surface area contributed by atoms with Crippen LogP contribution in [0.5, 0.6) is 11.5 Å². The lowest BCUT2D eigenvalue weighted by Gasteiger charge is -2.38. The van der Waals surface area contributed by atoms with Gasteiger partial charge in [-0.05, 0) is 152 Å². The van der Waals surface area contributed by atoms with Crippen LogP contribution in [0.2, 0.25) is 0 Å². The van der Waals surface area contributed by atoms with Crippen molar-refractivity contribution in [3.8, 4) is 11.5 Å². The third kappa shape index (κ3) is 37.4. The Morgan fingerprint density at radius 3 is 1.70 bits per heavy atom. The van der Waals surface area contributed by atoms with Crippen molar-refractivity contribution in [1.82, 2.24) is 21.3 Å². The normalized spacial score (nSPS) is 15.5. The molecule has 83 heavy (non-hydrogen) atoms. The third-order valence-electron chi connectivity index (χ3n) is 15.8. The molecule has 1 heterocycles. The van der Waals surface area contributed by atoms with E-state index in [0.717, 1.165) is 112 Å². The largest absolute Gasteiger partial charge is 0.493 e. The molecule has 4 atom stereocenters. The summed E-state index contributed by atoms with van der Waals surface area (Å²) in [6, 6.07) is -1.04. The molecule has 1 aliphatic heterocycles. The first-order valence-corrected chi connectivity index (χ1v) is 32.6. The number of carbonyl (C=O) groups excluding carboxylic acids is 3. The number of nitrogens with one attached hydrogen (secondary N) is 4. The average molecular weight is 1160 g/mol. The molecule has 0 aliphatic carbocycles. The van der Waals surface area contributed by atoms with Gasteiger partial charge in [0.25, 0.3) is 0 Å². The van der Waals surface area contributed by atoms with Crippen LogP contribution < -0.4 is 30.7 Å². The molecule has 14 heteroatoms. The number of hydrogen-bond donors (Lipinski definition) is 5. The zero-order valence-corrected chi connectivity index (χ0v) is 53.7. The summed E-state index contributed by atoms with van der Waals surface area (Å²) in [5.74, 6) is 3.71. The Kier molecular flexibility index (Phi) is 42.7. The fourth-order valence-electron chi connectivity index (χ4n) is 10.4.